The molecule has 0 amide bonds. The summed E-state index contributed by atoms with van der Waals surface area (Å²) >= 11 is 0. The van der Waals surface area contributed by atoms with Gasteiger partial charge in [0.2, 0.25) is 0 Å². The Labute approximate surface area is 160 Å². The second kappa shape index (κ2) is 62.8. The Bertz CT molecular complexity index is 84.9. The Morgan fingerprint density at radius 3 is 0.778 bits per heavy atom. The van der Waals surface area contributed by atoms with E-state index in [1.807, 2.05) is 0 Å². The number of rotatable bonds is 0. The average Bonchev–Trinajstić information content (AvgIpc) is 2.10. The molecule has 0 aromatic heterocycles. The zero-order valence-corrected chi connectivity index (χ0v) is 18.3. The van der Waals surface area contributed by atoms with Crippen molar-refractivity contribution in [2.45, 2.75) is 6.03 Å². The van der Waals surface area contributed by atoms with Crippen LogP contribution in [0.1, 0.15) is 0 Å². The fourth-order valence-corrected chi connectivity index (χ4v) is 0. The third-order valence-corrected chi connectivity index (χ3v) is 0. The summed E-state index contributed by atoms with van der Waals surface area (Å²) in [4.78, 5) is 15.5. The van der Waals surface area contributed by atoms with Crippen LogP contribution in [0.4, 0.5) is 0 Å². The van der Waals surface area contributed by atoms with Crippen LogP contribution in [0.25, 0.3) is 0 Å². The van der Waals surface area contributed by atoms with E-state index in [1.54, 1.807) is 0 Å². The van der Waals surface area contributed by atoms with E-state index in [9.17, 15) is 0 Å². The van der Waals surface area contributed by atoms with Crippen LogP contribution in [-0.2, 0) is 84.4 Å². The van der Waals surface area contributed by atoms with E-state index >= 15 is 0 Å². The van der Waals surface area contributed by atoms with Gasteiger partial charge < -0.3 is 42.7 Å². The first-order valence-corrected chi connectivity index (χ1v) is 3.13. The molecule has 18 heavy (non-hydrogen) atoms. The number of hydrogen-bond acceptors (Lipinski definition) is 10. The maximum Gasteiger partial charge on any atom is 0.281 e. The van der Waals surface area contributed by atoms with Crippen molar-refractivity contribution < 1.29 is 94.6 Å². The maximum absolute atomic E-state index is 7.75. The SMILES string of the molecule is NC(N)(O)O.NCN.NCN.[CH-]=O.[CH-]=O.[W].[W].[Y]. The van der Waals surface area contributed by atoms with Crippen LogP contribution in [-0.4, -0.2) is 43.2 Å². The zero-order valence-electron chi connectivity index (χ0n) is 9.64. The molecule has 0 spiro atoms. The van der Waals surface area contributed by atoms with Crippen molar-refractivity contribution in [3.05, 3.63) is 0 Å². The predicted octanol–water partition coefficient (Wildman–Crippen LogP) is -5.33. The van der Waals surface area contributed by atoms with Crippen molar-refractivity contribution in [3.8, 4) is 0 Å². The van der Waals surface area contributed by atoms with Gasteiger partial charge in [0.05, 0.1) is 0 Å². The third kappa shape index (κ3) is 2120. The molecular formula is C5H20N6O4W2Y-2. The second-order valence-electron chi connectivity index (χ2n) is 1.25. The first-order chi connectivity index (χ1) is 6.83. The third-order valence-electron chi connectivity index (χ3n) is 0. The molecule has 0 bridgehead atoms. The van der Waals surface area contributed by atoms with Gasteiger partial charge in [-0.05, 0) is 0 Å². The molecule has 0 fully saturated rings. The number of hydrogen-bond donors (Lipinski definition) is 8. The number of aliphatic hydroxyl groups is 2. The minimum Gasteiger partial charge on any atom is -0.545 e. The molecule has 0 aliphatic rings. The van der Waals surface area contributed by atoms with E-state index in [1.165, 1.54) is 0 Å². The van der Waals surface area contributed by atoms with E-state index in [0.29, 0.717) is 0 Å². The zero-order chi connectivity index (χ0) is 13.9. The Morgan fingerprint density at radius 1 is 0.778 bits per heavy atom. The van der Waals surface area contributed by atoms with Crippen LogP contribution in [0, 0.1) is 0 Å². The molecular weight excluding hydrogens is 665 g/mol. The van der Waals surface area contributed by atoms with Crippen LogP contribution in [0.2, 0.25) is 0 Å². The Hall–Kier alpha value is 1.50. The van der Waals surface area contributed by atoms with Gasteiger partial charge in [0, 0.05) is 88.2 Å². The van der Waals surface area contributed by atoms with Crippen molar-refractivity contribution in [3.63, 3.8) is 0 Å². The summed E-state index contributed by atoms with van der Waals surface area (Å²) in [6.07, 6.45) is 0. The molecule has 0 aliphatic carbocycles. The monoisotopic (exact) mass is 685 g/mol. The summed E-state index contributed by atoms with van der Waals surface area (Å²) in [5, 5.41) is 15.3. The van der Waals surface area contributed by atoms with Crippen LogP contribution >= 0.6 is 0 Å². The average molecular weight is 685 g/mol. The smallest absolute Gasteiger partial charge is 0.281 e. The summed E-state index contributed by atoms with van der Waals surface area (Å²) in [7, 11) is 0. The molecule has 111 valence electrons. The second-order valence-corrected chi connectivity index (χ2v) is 1.25. The van der Waals surface area contributed by atoms with Gasteiger partial charge in [-0.25, -0.2) is 0 Å². The maximum atomic E-state index is 7.75. The largest absolute Gasteiger partial charge is 0.545 e. The molecule has 0 aromatic carbocycles. The fraction of sp³-hybridized carbons (Fsp3) is 0.600. The Balaban J connectivity index is -0.0000000117. The first-order valence-electron chi connectivity index (χ1n) is 3.13. The van der Waals surface area contributed by atoms with E-state index in [2.05, 4.69) is 48.0 Å². The predicted molar refractivity (Wildman–Crippen MR) is 55.5 cm³/mol. The van der Waals surface area contributed by atoms with Crippen LogP contribution in [0.5, 0.6) is 0 Å². The Morgan fingerprint density at radius 2 is 0.778 bits per heavy atom. The van der Waals surface area contributed by atoms with Crippen molar-refractivity contribution in [2.75, 3.05) is 13.3 Å². The Kier molecular flexibility index (Phi) is 176. The molecule has 14 N–H and O–H groups in total. The minimum absolute atomic E-state index is 0. The van der Waals surface area contributed by atoms with Crippen LogP contribution < -0.4 is 34.4 Å². The van der Waals surface area contributed by atoms with Gasteiger partial charge in [0.1, 0.15) is 0 Å². The molecule has 13 heteroatoms. The molecule has 0 atom stereocenters. The molecule has 0 aliphatic heterocycles. The fourth-order valence-electron chi connectivity index (χ4n) is 0. The van der Waals surface area contributed by atoms with Gasteiger partial charge in [-0.1, -0.05) is 0 Å². The van der Waals surface area contributed by atoms with Gasteiger partial charge in [-0.2, -0.15) is 0 Å². The van der Waals surface area contributed by atoms with E-state index < -0.39 is 6.03 Å². The molecule has 1 radical (unpaired) electrons. The summed E-state index contributed by atoms with van der Waals surface area (Å²) in [6.45, 7) is 7.00. The first kappa shape index (κ1) is 50.5. The topological polar surface area (TPSA) is 231 Å². The van der Waals surface area contributed by atoms with Crippen LogP contribution in [0.15, 0.2) is 0 Å². The van der Waals surface area contributed by atoms with Crippen molar-refractivity contribution in [1.29, 1.82) is 0 Å². The van der Waals surface area contributed by atoms with Gasteiger partial charge in [0.25, 0.3) is 6.03 Å². The number of nitrogens with two attached hydrogens (primary N) is 6. The molecule has 0 aromatic rings. The van der Waals surface area contributed by atoms with Gasteiger partial charge >= 0.3 is 0 Å². The van der Waals surface area contributed by atoms with E-state index in [-0.39, 0.29) is 88.2 Å². The normalized spacial score (nSPS) is 5.78. The molecule has 0 rings (SSSR count). The van der Waals surface area contributed by atoms with E-state index in [4.69, 9.17) is 19.8 Å². The van der Waals surface area contributed by atoms with Gasteiger partial charge in [0.15, 0.2) is 0 Å². The van der Waals surface area contributed by atoms with Crippen molar-refractivity contribution in [2.24, 2.45) is 34.4 Å². The summed E-state index contributed by atoms with van der Waals surface area (Å²) in [6, 6.07) is -2.50. The molecule has 0 saturated carbocycles. The summed E-state index contributed by atoms with van der Waals surface area (Å²) < 4.78 is 0. The van der Waals surface area contributed by atoms with E-state index in [0.717, 1.165) is 0 Å². The van der Waals surface area contributed by atoms with Crippen molar-refractivity contribution in [1.82, 2.24) is 0 Å². The molecule has 0 heterocycles. The molecule has 10 nitrogen and oxygen atoms in total. The number of carbonyl (C=O) groups excluding carboxylic acids is 2. The molecule has 0 unspecified atom stereocenters. The summed E-state index contributed by atoms with van der Waals surface area (Å²) in [5.74, 6) is 0. The quantitative estimate of drug-likeness (QED) is 0.0686. The molecule has 0 saturated heterocycles. The van der Waals surface area contributed by atoms with Gasteiger partial charge in [-0.3, -0.25) is 25.0 Å². The van der Waals surface area contributed by atoms with Crippen LogP contribution in [0.3, 0.4) is 0 Å². The van der Waals surface area contributed by atoms with Crippen molar-refractivity contribution >= 4 is 13.6 Å². The van der Waals surface area contributed by atoms with Gasteiger partial charge in [-0.15, -0.1) is 0 Å². The standard InChI is InChI=1S/CH6N2O2.2CH6N2.2CHO.2W.Y/c2-1(3,4)5;2*2-1-3;2*1-2;;;/h4-5H,2-3H2;2*1-3H2;2*1H;;;/q;;;2*-1;;;. The summed E-state index contributed by atoms with van der Waals surface area (Å²) in [5.41, 5.74) is 27.0. The minimum atomic E-state index is -2.50.